The number of rotatable bonds is 2. The van der Waals surface area contributed by atoms with E-state index >= 15 is 0 Å². The van der Waals surface area contributed by atoms with Crippen LogP contribution in [0.5, 0.6) is 0 Å². The average Bonchev–Trinajstić information content (AvgIpc) is 2.86. The van der Waals surface area contributed by atoms with E-state index in [1.54, 1.807) is 0 Å². The van der Waals surface area contributed by atoms with Crippen LogP contribution in [-0.2, 0) is 5.41 Å². The Balaban J connectivity index is 2.30. The quantitative estimate of drug-likeness (QED) is 0.672. The number of hydrogen-bond acceptors (Lipinski definition) is 1. The van der Waals surface area contributed by atoms with Crippen LogP contribution in [0, 0.1) is 6.07 Å². The smallest absolute Gasteiger partial charge is 0.00762 e. The first-order valence-electron chi connectivity index (χ1n) is 4.04. The number of benzene rings is 1. The first kappa shape index (κ1) is 6.86. The Morgan fingerprint density at radius 2 is 2.00 bits per heavy atom. The molecule has 1 saturated carbocycles. The van der Waals surface area contributed by atoms with Gasteiger partial charge in [-0.15, -0.1) is 0 Å². The lowest BCUT2D eigenvalue weighted by molar-refractivity contribution is 0.705. The Hall–Kier alpha value is -0.820. The maximum absolute atomic E-state index is 5.69. The molecule has 57 valence electrons. The van der Waals surface area contributed by atoms with E-state index in [0.717, 1.165) is 6.54 Å². The molecule has 0 aliphatic heterocycles. The van der Waals surface area contributed by atoms with Gasteiger partial charge in [-0.2, -0.15) is 0 Å². The summed E-state index contributed by atoms with van der Waals surface area (Å²) in [6.45, 7) is 0.789. The van der Waals surface area contributed by atoms with E-state index in [0.29, 0.717) is 5.41 Å². The molecule has 0 spiro atoms. The molecule has 0 amide bonds. The van der Waals surface area contributed by atoms with Gasteiger partial charge in [0.1, 0.15) is 0 Å². The van der Waals surface area contributed by atoms with Gasteiger partial charge in [-0.05, 0) is 24.5 Å². The third-order valence-electron chi connectivity index (χ3n) is 2.57. The lowest BCUT2D eigenvalue weighted by Crippen LogP contribution is -2.19. The first-order valence-corrected chi connectivity index (χ1v) is 4.04. The van der Waals surface area contributed by atoms with E-state index in [-0.39, 0.29) is 0 Å². The number of hydrogen-bond donors (Lipinski definition) is 1. The molecule has 0 aromatic heterocycles. The van der Waals surface area contributed by atoms with Crippen LogP contribution in [0.1, 0.15) is 18.4 Å². The third kappa shape index (κ3) is 1.05. The van der Waals surface area contributed by atoms with Crippen LogP contribution in [0.3, 0.4) is 0 Å². The van der Waals surface area contributed by atoms with Gasteiger partial charge in [0.25, 0.3) is 0 Å². The van der Waals surface area contributed by atoms with E-state index < -0.39 is 0 Å². The summed E-state index contributed by atoms with van der Waals surface area (Å²) >= 11 is 0. The minimum Gasteiger partial charge on any atom is -0.330 e. The van der Waals surface area contributed by atoms with Crippen LogP contribution in [0.2, 0.25) is 0 Å². The highest BCUT2D eigenvalue weighted by Crippen LogP contribution is 2.46. The maximum Gasteiger partial charge on any atom is 0.00762 e. The topological polar surface area (TPSA) is 26.0 Å². The standard InChI is InChI=1S/C10H12N/c11-8-10(6-7-10)9-4-2-1-3-5-9/h2-5H,6-8,11H2. The summed E-state index contributed by atoms with van der Waals surface area (Å²) in [6.07, 6.45) is 2.51. The fraction of sp³-hybridized carbons (Fsp3) is 0.400. The molecule has 2 N–H and O–H groups in total. The van der Waals surface area contributed by atoms with Crippen molar-refractivity contribution in [2.75, 3.05) is 6.54 Å². The molecular weight excluding hydrogens is 134 g/mol. The normalized spacial score (nSPS) is 19.7. The monoisotopic (exact) mass is 146 g/mol. The summed E-state index contributed by atoms with van der Waals surface area (Å²) in [7, 11) is 0. The molecule has 0 atom stereocenters. The van der Waals surface area contributed by atoms with Crippen molar-refractivity contribution < 1.29 is 0 Å². The molecule has 0 saturated heterocycles. The van der Waals surface area contributed by atoms with Gasteiger partial charge in [0.2, 0.25) is 0 Å². The fourth-order valence-corrected chi connectivity index (χ4v) is 1.50. The van der Waals surface area contributed by atoms with Gasteiger partial charge in [0.05, 0.1) is 0 Å². The van der Waals surface area contributed by atoms with Gasteiger partial charge in [-0.1, -0.05) is 24.3 Å². The summed E-state index contributed by atoms with van der Waals surface area (Å²) in [5.41, 5.74) is 7.42. The van der Waals surface area contributed by atoms with Crippen molar-refractivity contribution >= 4 is 0 Å². The Kier molecular flexibility index (Phi) is 1.46. The van der Waals surface area contributed by atoms with Gasteiger partial charge in [-0.25, -0.2) is 0 Å². The summed E-state index contributed by atoms with van der Waals surface area (Å²) in [5.74, 6) is 0. The first-order chi connectivity index (χ1) is 5.37. The van der Waals surface area contributed by atoms with Gasteiger partial charge >= 0.3 is 0 Å². The van der Waals surface area contributed by atoms with Crippen LogP contribution in [-0.4, -0.2) is 6.54 Å². The Labute approximate surface area is 67.2 Å². The molecule has 2 rings (SSSR count). The molecule has 1 aromatic rings. The predicted molar refractivity (Wildman–Crippen MR) is 45.2 cm³/mol. The van der Waals surface area contributed by atoms with Gasteiger partial charge in [-0.3, -0.25) is 0 Å². The lowest BCUT2D eigenvalue weighted by Gasteiger charge is -2.11. The van der Waals surface area contributed by atoms with Crippen molar-refractivity contribution in [2.24, 2.45) is 5.73 Å². The van der Waals surface area contributed by atoms with Crippen LogP contribution in [0.4, 0.5) is 0 Å². The minimum absolute atomic E-state index is 0.342. The third-order valence-corrected chi connectivity index (χ3v) is 2.57. The van der Waals surface area contributed by atoms with E-state index in [2.05, 4.69) is 18.2 Å². The zero-order chi connectivity index (χ0) is 7.73. The SMILES string of the molecule is NCC1(c2cc[c]cc2)CC1. The maximum atomic E-state index is 5.69. The van der Waals surface area contributed by atoms with E-state index in [1.165, 1.54) is 18.4 Å². The highest BCUT2D eigenvalue weighted by Gasteiger charge is 2.42. The zero-order valence-electron chi connectivity index (χ0n) is 6.51. The fourth-order valence-electron chi connectivity index (χ4n) is 1.50. The van der Waals surface area contributed by atoms with Crippen LogP contribution in [0.15, 0.2) is 24.3 Å². The molecule has 1 aliphatic rings. The van der Waals surface area contributed by atoms with Gasteiger partial charge in [0, 0.05) is 12.0 Å². The highest BCUT2D eigenvalue weighted by atomic mass is 14.7. The average molecular weight is 146 g/mol. The van der Waals surface area contributed by atoms with E-state index in [9.17, 15) is 0 Å². The molecule has 1 heteroatoms. The Morgan fingerprint density at radius 3 is 2.45 bits per heavy atom. The molecule has 1 radical (unpaired) electrons. The van der Waals surface area contributed by atoms with E-state index in [1.807, 2.05) is 12.1 Å². The van der Waals surface area contributed by atoms with Gasteiger partial charge in [0.15, 0.2) is 0 Å². The van der Waals surface area contributed by atoms with E-state index in [4.69, 9.17) is 5.73 Å². The molecule has 0 bridgehead atoms. The summed E-state index contributed by atoms with van der Waals surface area (Å²) in [6, 6.07) is 11.2. The molecular formula is C10H12N. The van der Waals surface area contributed by atoms with Crippen LogP contribution in [0.25, 0.3) is 0 Å². The molecule has 1 nitrogen and oxygen atoms in total. The minimum atomic E-state index is 0.342. The van der Waals surface area contributed by atoms with Crippen molar-refractivity contribution in [1.29, 1.82) is 0 Å². The second kappa shape index (κ2) is 2.35. The second-order valence-electron chi connectivity index (χ2n) is 3.27. The molecule has 0 heterocycles. The molecule has 0 unspecified atom stereocenters. The lowest BCUT2D eigenvalue weighted by atomic mass is 9.97. The summed E-state index contributed by atoms with van der Waals surface area (Å²) in [4.78, 5) is 0. The number of nitrogens with two attached hydrogens (primary N) is 1. The largest absolute Gasteiger partial charge is 0.330 e. The van der Waals surface area contributed by atoms with Crippen molar-refractivity contribution in [3.8, 4) is 0 Å². The van der Waals surface area contributed by atoms with Crippen LogP contribution < -0.4 is 5.73 Å². The van der Waals surface area contributed by atoms with Gasteiger partial charge < -0.3 is 5.73 Å². The van der Waals surface area contributed by atoms with Crippen molar-refractivity contribution in [3.63, 3.8) is 0 Å². The van der Waals surface area contributed by atoms with Crippen LogP contribution >= 0.6 is 0 Å². The Bertz CT molecular complexity index is 236. The predicted octanol–water partition coefficient (Wildman–Crippen LogP) is 1.48. The van der Waals surface area contributed by atoms with Crippen molar-refractivity contribution in [2.45, 2.75) is 18.3 Å². The van der Waals surface area contributed by atoms with Crippen molar-refractivity contribution in [1.82, 2.24) is 0 Å². The van der Waals surface area contributed by atoms with Crippen molar-refractivity contribution in [3.05, 3.63) is 35.9 Å². The summed E-state index contributed by atoms with van der Waals surface area (Å²) < 4.78 is 0. The molecule has 1 aromatic carbocycles. The summed E-state index contributed by atoms with van der Waals surface area (Å²) in [5, 5.41) is 0. The highest BCUT2D eigenvalue weighted by molar-refractivity contribution is 5.31. The molecule has 1 aliphatic carbocycles. The zero-order valence-corrected chi connectivity index (χ0v) is 6.51. The molecule has 11 heavy (non-hydrogen) atoms. The second-order valence-corrected chi connectivity index (χ2v) is 3.27. The Morgan fingerprint density at radius 1 is 1.36 bits per heavy atom. The molecule has 1 fully saturated rings.